The van der Waals surface area contributed by atoms with Crippen LogP contribution in [0.3, 0.4) is 0 Å². The molecule has 8 nitrogen and oxygen atoms in total. The predicted molar refractivity (Wildman–Crippen MR) is 114 cm³/mol. The zero-order chi connectivity index (χ0) is 21.9. The van der Waals surface area contributed by atoms with Crippen LogP contribution in [-0.2, 0) is 19.6 Å². The van der Waals surface area contributed by atoms with Crippen molar-refractivity contribution in [3.63, 3.8) is 0 Å². The first kappa shape index (κ1) is 21.5. The molecule has 1 aliphatic heterocycles. The van der Waals surface area contributed by atoms with E-state index < -0.39 is 16.0 Å². The van der Waals surface area contributed by atoms with Crippen LogP contribution in [0.25, 0.3) is 0 Å². The van der Waals surface area contributed by atoms with Crippen LogP contribution in [-0.4, -0.2) is 42.4 Å². The van der Waals surface area contributed by atoms with Crippen LogP contribution in [0.1, 0.15) is 42.0 Å². The molecule has 158 valence electrons. The number of nitrogens with zero attached hydrogens (tertiary/aromatic N) is 2. The highest BCUT2D eigenvalue weighted by atomic mass is 32.2. The summed E-state index contributed by atoms with van der Waals surface area (Å²) in [5.41, 5.74) is 3.88. The van der Waals surface area contributed by atoms with Crippen molar-refractivity contribution < 1.29 is 23.1 Å². The Labute approximate surface area is 175 Å². The molecular formula is C21H23N3O5S. The van der Waals surface area contributed by atoms with E-state index in [2.05, 4.69) is 9.82 Å². The quantitative estimate of drug-likeness (QED) is 0.702. The van der Waals surface area contributed by atoms with Gasteiger partial charge in [-0.1, -0.05) is 42.0 Å². The first-order valence-corrected chi connectivity index (χ1v) is 11.3. The molecule has 1 heterocycles. The van der Waals surface area contributed by atoms with E-state index in [4.69, 9.17) is 5.11 Å². The second-order valence-corrected chi connectivity index (χ2v) is 9.01. The number of benzene rings is 2. The third-order valence-electron chi connectivity index (χ3n) is 4.70. The van der Waals surface area contributed by atoms with Crippen molar-refractivity contribution in [1.82, 2.24) is 5.01 Å². The topological polar surface area (TPSA) is 116 Å². The number of nitrogens with one attached hydrogen (secondary N) is 1. The van der Waals surface area contributed by atoms with Crippen LogP contribution < -0.4 is 4.72 Å². The van der Waals surface area contributed by atoms with Gasteiger partial charge in [-0.15, -0.1) is 0 Å². The third kappa shape index (κ3) is 5.44. The first-order chi connectivity index (χ1) is 14.1. The van der Waals surface area contributed by atoms with Gasteiger partial charge in [0.05, 0.1) is 24.4 Å². The van der Waals surface area contributed by atoms with E-state index in [1.807, 2.05) is 31.2 Å². The van der Waals surface area contributed by atoms with Crippen LogP contribution in [0.2, 0.25) is 0 Å². The van der Waals surface area contributed by atoms with Gasteiger partial charge in [-0.05, 0) is 30.2 Å². The largest absolute Gasteiger partial charge is 0.481 e. The Kier molecular flexibility index (Phi) is 6.21. The Morgan fingerprint density at radius 2 is 1.73 bits per heavy atom. The zero-order valence-corrected chi connectivity index (χ0v) is 17.5. The van der Waals surface area contributed by atoms with Gasteiger partial charge in [0.2, 0.25) is 15.9 Å². The van der Waals surface area contributed by atoms with Crippen molar-refractivity contribution in [1.29, 1.82) is 0 Å². The minimum absolute atomic E-state index is 0.133. The van der Waals surface area contributed by atoms with Crippen molar-refractivity contribution in [3.05, 3.63) is 65.2 Å². The normalized spacial score (nSPS) is 16.3. The molecule has 2 aromatic rings. The molecule has 0 aromatic heterocycles. The molecule has 3 rings (SSSR count). The number of hydrazone groups is 1. The van der Waals surface area contributed by atoms with Gasteiger partial charge in [0.15, 0.2) is 0 Å². The molecule has 0 bridgehead atoms. The second-order valence-electron chi connectivity index (χ2n) is 7.26. The molecule has 1 aliphatic rings. The van der Waals surface area contributed by atoms with Crippen molar-refractivity contribution in [2.24, 2.45) is 5.10 Å². The average Bonchev–Trinajstić information content (AvgIpc) is 3.11. The Bertz CT molecular complexity index is 1080. The van der Waals surface area contributed by atoms with Gasteiger partial charge < -0.3 is 5.11 Å². The zero-order valence-electron chi connectivity index (χ0n) is 16.7. The van der Waals surface area contributed by atoms with Gasteiger partial charge in [-0.25, -0.2) is 13.4 Å². The summed E-state index contributed by atoms with van der Waals surface area (Å²) in [6.45, 7) is 1.97. The Hall–Kier alpha value is -3.20. The summed E-state index contributed by atoms with van der Waals surface area (Å²) in [6.07, 6.45) is 1.16. The maximum atomic E-state index is 12.7. The highest BCUT2D eigenvalue weighted by Gasteiger charge is 2.33. The van der Waals surface area contributed by atoms with Crippen molar-refractivity contribution in [2.75, 3.05) is 11.0 Å². The van der Waals surface area contributed by atoms with Crippen LogP contribution in [0, 0.1) is 6.92 Å². The Morgan fingerprint density at radius 3 is 2.30 bits per heavy atom. The number of amides is 1. The minimum Gasteiger partial charge on any atom is -0.481 e. The summed E-state index contributed by atoms with van der Waals surface area (Å²) in [5.74, 6) is -1.39. The highest BCUT2D eigenvalue weighted by Crippen LogP contribution is 2.33. The van der Waals surface area contributed by atoms with Gasteiger partial charge >= 0.3 is 5.97 Å². The summed E-state index contributed by atoms with van der Waals surface area (Å²) in [5, 5.41) is 14.8. The van der Waals surface area contributed by atoms with E-state index in [1.54, 1.807) is 24.3 Å². The van der Waals surface area contributed by atoms with E-state index in [0.717, 1.165) is 22.9 Å². The molecule has 0 spiro atoms. The molecule has 0 radical (unpaired) electrons. The molecule has 0 fully saturated rings. The summed E-state index contributed by atoms with van der Waals surface area (Å²) in [7, 11) is -3.37. The van der Waals surface area contributed by atoms with E-state index in [1.165, 1.54) is 5.01 Å². The lowest BCUT2D eigenvalue weighted by Gasteiger charge is -2.22. The predicted octanol–water partition coefficient (Wildman–Crippen LogP) is 2.91. The van der Waals surface area contributed by atoms with Gasteiger partial charge in [0.25, 0.3) is 0 Å². The van der Waals surface area contributed by atoms with E-state index in [-0.39, 0.29) is 24.8 Å². The number of carbonyl (C=O) groups excluding carboxylic acids is 1. The summed E-state index contributed by atoms with van der Waals surface area (Å²) in [6, 6.07) is 14.2. The monoisotopic (exact) mass is 429 g/mol. The Balaban J connectivity index is 1.87. The number of aliphatic carboxylic acids is 1. The fourth-order valence-electron chi connectivity index (χ4n) is 3.24. The van der Waals surface area contributed by atoms with Crippen LogP contribution >= 0.6 is 0 Å². The molecule has 1 amide bonds. The lowest BCUT2D eigenvalue weighted by molar-refractivity contribution is -0.141. The molecular weight excluding hydrogens is 406 g/mol. The molecule has 0 aliphatic carbocycles. The number of aryl methyl sites for hydroxylation is 1. The lowest BCUT2D eigenvalue weighted by atomic mass is 9.97. The summed E-state index contributed by atoms with van der Waals surface area (Å²) >= 11 is 0. The number of anilines is 1. The smallest absolute Gasteiger partial charge is 0.303 e. The molecule has 0 saturated heterocycles. The van der Waals surface area contributed by atoms with E-state index in [9.17, 15) is 18.0 Å². The fraction of sp³-hybridized carbons (Fsp3) is 0.286. The number of carbonyl (C=O) groups is 2. The fourth-order valence-corrected chi connectivity index (χ4v) is 3.80. The maximum absolute atomic E-state index is 12.7. The van der Waals surface area contributed by atoms with Gasteiger partial charge in [0, 0.05) is 18.5 Å². The molecule has 30 heavy (non-hydrogen) atoms. The molecule has 9 heteroatoms. The average molecular weight is 429 g/mol. The molecule has 2 N–H and O–H groups in total. The number of carboxylic acids is 1. The molecule has 0 saturated carbocycles. The number of hydrogen-bond acceptors (Lipinski definition) is 5. The SMILES string of the molecule is Cc1ccc([C@@H]2CC(c3ccc(NS(C)(=O)=O)cc3)=NN2C(=O)CCC(=O)O)cc1. The molecule has 2 aromatic carbocycles. The number of rotatable bonds is 7. The van der Waals surface area contributed by atoms with Crippen LogP contribution in [0.4, 0.5) is 5.69 Å². The standard InChI is InChI=1S/C21H23N3O5S/c1-14-3-5-16(6-4-14)19-13-18(22-24(19)20(25)11-12-21(26)27)15-7-9-17(10-8-15)23-30(2,28)29/h3-10,19,23H,11-13H2,1-2H3,(H,26,27)/t19-/m0/s1. The number of hydrogen-bond donors (Lipinski definition) is 2. The highest BCUT2D eigenvalue weighted by molar-refractivity contribution is 7.92. The molecule has 0 unspecified atom stereocenters. The Morgan fingerprint density at radius 1 is 1.10 bits per heavy atom. The first-order valence-electron chi connectivity index (χ1n) is 9.38. The second kappa shape index (κ2) is 8.66. The van der Waals surface area contributed by atoms with Gasteiger partial charge in [-0.2, -0.15) is 5.10 Å². The van der Waals surface area contributed by atoms with Gasteiger partial charge in [-0.3, -0.25) is 14.3 Å². The third-order valence-corrected chi connectivity index (χ3v) is 5.31. The summed E-state index contributed by atoms with van der Waals surface area (Å²) in [4.78, 5) is 23.5. The number of sulfonamides is 1. The van der Waals surface area contributed by atoms with E-state index in [0.29, 0.717) is 17.8 Å². The van der Waals surface area contributed by atoms with Gasteiger partial charge in [0.1, 0.15) is 0 Å². The van der Waals surface area contributed by atoms with E-state index >= 15 is 0 Å². The lowest BCUT2D eigenvalue weighted by Crippen LogP contribution is -2.27. The number of carboxylic acid groups (broad SMARTS) is 1. The van der Waals surface area contributed by atoms with Crippen LogP contribution in [0.15, 0.2) is 53.6 Å². The van der Waals surface area contributed by atoms with Crippen molar-refractivity contribution in [2.45, 2.75) is 32.2 Å². The maximum Gasteiger partial charge on any atom is 0.303 e. The van der Waals surface area contributed by atoms with Crippen LogP contribution in [0.5, 0.6) is 0 Å². The minimum atomic E-state index is -3.37. The van der Waals surface area contributed by atoms with Crippen molar-refractivity contribution in [3.8, 4) is 0 Å². The molecule has 1 atom stereocenters. The van der Waals surface area contributed by atoms with Crippen molar-refractivity contribution >= 4 is 33.3 Å². The summed E-state index contributed by atoms with van der Waals surface area (Å²) < 4.78 is 25.1.